The molecular formula is C21H30O9. The number of hydrogen-bond donors (Lipinski definition) is 3. The van der Waals surface area contributed by atoms with E-state index < -0.39 is 58.9 Å². The van der Waals surface area contributed by atoms with Crippen LogP contribution in [0, 0.1) is 5.92 Å². The van der Waals surface area contributed by atoms with Crippen molar-refractivity contribution >= 4 is 17.9 Å². The average Bonchev–Trinajstić information content (AvgIpc) is 2.98. The number of fused-ring (bicyclic) bond motifs is 3. The third-order valence-electron chi connectivity index (χ3n) is 6.80. The van der Waals surface area contributed by atoms with Crippen LogP contribution < -0.4 is 0 Å². The van der Waals surface area contributed by atoms with Crippen molar-refractivity contribution in [3.05, 3.63) is 11.1 Å². The van der Waals surface area contributed by atoms with Gasteiger partial charge in [0.15, 0.2) is 17.3 Å². The van der Waals surface area contributed by atoms with Crippen LogP contribution in [0.5, 0.6) is 0 Å². The van der Waals surface area contributed by atoms with Crippen LogP contribution in [-0.2, 0) is 28.6 Å². The van der Waals surface area contributed by atoms with Gasteiger partial charge in [-0.15, -0.1) is 0 Å². The number of hydrogen-bond acceptors (Lipinski definition) is 9. The summed E-state index contributed by atoms with van der Waals surface area (Å²) >= 11 is 0. The van der Waals surface area contributed by atoms with Gasteiger partial charge in [-0.2, -0.15) is 0 Å². The first-order chi connectivity index (χ1) is 13.8. The van der Waals surface area contributed by atoms with Crippen molar-refractivity contribution in [1.29, 1.82) is 0 Å². The molecule has 0 radical (unpaired) electrons. The van der Waals surface area contributed by atoms with Crippen LogP contribution in [-0.4, -0.2) is 68.3 Å². The van der Waals surface area contributed by atoms with Crippen LogP contribution >= 0.6 is 0 Å². The minimum atomic E-state index is -2.39. The first-order valence-corrected chi connectivity index (χ1v) is 10.2. The molecular weight excluding hydrogens is 396 g/mol. The van der Waals surface area contributed by atoms with Gasteiger partial charge in [-0.25, -0.2) is 4.79 Å². The van der Waals surface area contributed by atoms with Crippen LogP contribution in [0.3, 0.4) is 0 Å². The van der Waals surface area contributed by atoms with Gasteiger partial charge >= 0.3 is 17.9 Å². The second-order valence-corrected chi connectivity index (χ2v) is 8.96. The minimum absolute atomic E-state index is 0.0718. The zero-order valence-electron chi connectivity index (χ0n) is 17.9. The number of rotatable bonds is 4. The standard InChI is InChI=1S/C21H30O9/c1-6-7-15(24)28-14-9-19(4,30-11(3)22)12-8-13(23)10(2)16(12)17-21(14,27)20(5,26)18(25)29-17/h12-14,17,23,26-27H,6-9H2,1-5H3/t12-,13+,14-,17-,19-,20+,21+/m0/s1. The van der Waals surface area contributed by atoms with E-state index in [-0.39, 0.29) is 19.3 Å². The fourth-order valence-corrected chi connectivity index (χ4v) is 5.14. The maximum Gasteiger partial charge on any atom is 0.341 e. The van der Waals surface area contributed by atoms with E-state index in [0.29, 0.717) is 17.6 Å². The summed E-state index contributed by atoms with van der Waals surface area (Å²) in [4.78, 5) is 36.8. The largest absolute Gasteiger partial charge is 0.459 e. The van der Waals surface area contributed by atoms with E-state index >= 15 is 0 Å². The smallest absolute Gasteiger partial charge is 0.341 e. The van der Waals surface area contributed by atoms with Crippen molar-refractivity contribution in [3.63, 3.8) is 0 Å². The van der Waals surface area contributed by atoms with E-state index in [0.717, 1.165) is 6.92 Å². The van der Waals surface area contributed by atoms with E-state index in [1.54, 1.807) is 20.8 Å². The average molecular weight is 426 g/mol. The second-order valence-electron chi connectivity index (χ2n) is 8.96. The Morgan fingerprint density at radius 2 is 1.90 bits per heavy atom. The lowest BCUT2D eigenvalue weighted by Gasteiger charge is -2.41. The lowest BCUT2D eigenvalue weighted by Crippen LogP contribution is -2.64. The second kappa shape index (κ2) is 7.32. The number of aliphatic hydroxyl groups is 3. The van der Waals surface area contributed by atoms with Crippen molar-refractivity contribution < 1.29 is 43.9 Å². The highest BCUT2D eigenvalue weighted by atomic mass is 16.6. The molecule has 9 heteroatoms. The quantitative estimate of drug-likeness (QED) is 0.334. The Morgan fingerprint density at radius 1 is 1.27 bits per heavy atom. The normalized spacial score (nSPS) is 42.9. The molecule has 2 aliphatic carbocycles. The van der Waals surface area contributed by atoms with Crippen molar-refractivity contribution in [2.24, 2.45) is 5.92 Å². The molecule has 3 aliphatic rings. The Kier molecular flexibility index (Phi) is 5.54. The highest BCUT2D eigenvalue weighted by Crippen LogP contribution is 2.56. The molecule has 3 rings (SSSR count). The molecule has 0 unspecified atom stereocenters. The van der Waals surface area contributed by atoms with Crippen LogP contribution in [0.15, 0.2) is 11.1 Å². The molecule has 0 aromatic heterocycles. The van der Waals surface area contributed by atoms with Gasteiger partial charge in [0, 0.05) is 25.7 Å². The zero-order chi connectivity index (χ0) is 22.6. The lowest BCUT2D eigenvalue weighted by atomic mass is 9.75. The van der Waals surface area contributed by atoms with Crippen molar-refractivity contribution in [3.8, 4) is 0 Å². The number of aliphatic hydroxyl groups excluding tert-OH is 1. The highest BCUT2D eigenvalue weighted by Gasteiger charge is 2.74. The number of carbonyl (C=O) groups excluding carboxylic acids is 3. The first kappa shape index (κ1) is 22.7. The molecule has 1 saturated carbocycles. The van der Waals surface area contributed by atoms with Gasteiger partial charge in [0.05, 0.1) is 6.10 Å². The predicted molar refractivity (Wildman–Crippen MR) is 102 cm³/mol. The van der Waals surface area contributed by atoms with Gasteiger partial charge in [0.2, 0.25) is 0 Å². The molecule has 168 valence electrons. The summed E-state index contributed by atoms with van der Waals surface area (Å²) < 4.78 is 16.6. The summed E-state index contributed by atoms with van der Waals surface area (Å²) in [6, 6.07) is 0. The molecule has 0 spiro atoms. The SMILES string of the molecule is CCCC(=O)O[C@H]1C[C@](C)(OC(C)=O)[C@H]2C[C@@H](O)C(C)=C2[C@@H]2OC(=O)[C@@](C)(O)[C@@]12O. The van der Waals surface area contributed by atoms with Crippen LogP contribution in [0.25, 0.3) is 0 Å². The van der Waals surface area contributed by atoms with Crippen molar-refractivity contribution in [2.75, 3.05) is 0 Å². The van der Waals surface area contributed by atoms with Gasteiger partial charge in [-0.05, 0) is 44.8 Å². The predicted octanol–water partition coefficient (Wildman–Crippen LogP) is 0.529. The molecule has 1 heterocycles. The molecule has 0 aromatic rings. The highest BCUT2D eigenvalue weighted by molar-refractivity contribution is 5.85. The van der Waals surface area contributed by atoms with Crippen molar-refractivity contribution in [1.82, 2.24) is 0 Å². The van der Waals surface area contributed by atoms with Gasteiger partial charge < -0.3 is 29.5 Å². The Hall–Kier alpha value is -1.97. The molecule has 30 heavy (non-hydrogen) atoms. The Balaban J connectivity index is 2.21. The molecule has 1 saturated heterocycles. The fraction of sp³-hybridized carbons (Fsp3) is 0.762. The van der Waals surface area contributed by atoms with Gasteiger partial charge in [0.1, 0.15) is 11.7 Å². The molecule has 0 aromatic carbocycles. The minimum Gasteiger partial charge on any atom is -0.459 e. The molecule has 2 fully saturated rings. The Labute approximate surface area is 175 Å². The van der Waals surface area contributed by atoms with Crippen molar-refractivity contribution in [2.45, 2.75) is 95.4 Å². The topological polar surface area (TPSA) is 140 Å². The molecule has 7 atom stereocenters. The maximum absolute atomic E-state index is 12.5. The molecule has 9 nitrogen and oxygen atoms in total. The molecule has 0 amide bonds. The lowest BCUT2D eigenvalue weighted by molar-refractivity contribution is -0.210. The Morgan fingerprint density at radius 3 is 2.47 bits per heavy atom. The summed E-state index contributed by atoms with van der Waals surface area (Å²) in [5, 5.41) is 33.2. The zero-order valence-corrected chi connectivity index (χ0v) is 17.9. The fourth-order valence-electron chi connectivity index (χ4n) is 5.14. The van der Waals surface area contributed by atoms with E-state index in [2.05, 4.69) is 0 Å². The van der Waals surface area contributed by atoms with Gasteiger partial charge in [-0.1, -0.05) is 6.92 Å². The third-order valence-corrected chi connectivity index (χ3v) is 6.80. The number of esters is 3. The van der Waals surface area contributed by atoms with Gasteiger partial charge in [-0.3, -0.25) is 9.59 Å². The summed E-state index contributed by atoms with van der Waals surface area (Å²) in [5.41, 5.74) is -5.15. The van der Waals surface area contributed by atoms with E-state index in [1.165, 1.54) is 6.92 Å². The number of carbonyl (C=O) groups is 3. The summed E-state index contributed by atoms with van der Waals surface area (Å²) in [6.07, 6.45) is -3.09. The summed E-state index contributed by atoms with van der Waals surface area (Å²) in [5.74, 6) is -2.86. The molecule has 1 aliphatic heterocycles. The molecule has 0 bridgehead atoms. The van der Waals surface area contributed by atoms with E-state index in [1.807, 2.05) is 0 Å². The van der Waals surface area contributed by atoms with Crippen LogP contribution in [0.4, 0.5) is 0 Å². The van der Waals surface area contributed by atoms with Crippen LogP contribution in [0.2, 0.25) is 0 Å². The van der Waals surface area contributed by atoms with E-state index in [4.69, 9.17) is 14.2 Å². The third kappa shape index (κ3) is 3.14. The maximum atomic E-state index is 12.5. The molecule has 3 N–H and O–H groups in total. The summed E-state index contributed by atoms with van der Waals surface area (Å²) in [6.45, 7) is 7.40. The van der Waals surface area contributed by atoms with Crippen LogP contribution in [0.1, 0.15) is 60.3 Å². The number of ether oxygens (including phenoxy) is 3. The summed E-state index contributed by atoms with van der Waals surface area (Å²) in [7, 11) is 0. The van der Waals surface area contributed by atoms with Gasteiger partial charge in [0.25, 0.3) is 0 Å². The van der Waals surface area contributed by atoms with E-state index in [9.17, 15) is 29.7 Å². The first-order valence-electron chi connectivity index (χ1n) is 10.2. The Bertz CT molecular complexity index is 800. The monoisotopic (exact) mass is 426 g/mol.